The lowest BCUT2D eigenvalue weighted by molar-refractivity contribution is -0.119. The Hall–Kier alpha value is -2.74. The van der Waals surface area contributed by atoms with Gasteiger partial charge in [0.05, 0.1) is 25.6 Å². The molecule has 0 aliphatic heterocycles. The van der Waals surface area contributed by atoms with Crippen LogP contribution in [0.15, 0.2) is 48.5 Å². The van der Waals surface area contributed by atoms with E-state index in [-0.39, 0.29) is 19.7 Å². The Morgan fingerprint density at radius 3 is 2.29 bits per heavy atom. The van der Waals surface area contributed by atoms with Crippen LogP contribution in [0.3, 0.4) is 0 Å². The van der Waals surface area contributed by atoms with E-state index >= 15 is 0 Å². The Morgan fingerprint density at radius 2 is 1.71 bits per heavy atom. The van der Waals surface area contributed by atoms with Crippen LogP contribution in [0, 0.1) is 0 Å². The van der Waals surface area contributed by atoms with Crippen molar-refractivity contribution in [3.63, 3.8) is 0 Å². The van der Waals surface area contributed by atoms with Crippen LogP contribution in [0.4, 0.5) is 5.69 Å². The Labute approximate surface area is 166 Å². The van der Waals surface area contributed by atoms with E-state index in [1.165, 1.54) is 0 Å². The molecule has 0 unspecified atom stereocenters. The third-order valence-electron chi connectivity index (χ3n) is 4.07. The summed E-state index contributed by atoms with van der Waals surface area (Å²) in [6, 6.07) is 14.3. The zero-order valence-electron chi connectivity index (χ0n) is 16.3. The third kappa shape index (κ3) is 6.16. The summed E-state index contributed by atoms with van der Waals surface area (Å²) in [6.45, 7) is 2.20. The standard InChI is InChI=1S/C20H26N2O5S/c1-4-16-9-11-17(12-10-16)22(28(3,24)25)15-20(23)21-13-14-27-19-8-6-5-7-18(19)26-2/h5-12H,4,13-15H2,1-3H3,(H,21,23). The molecule has 7 nitrogen and oxygen atoms in total. The lowest BCUT2D eigenvalue weighted by Gasteiger charge is -2.22. The lowest BCUT2D eigenvalue weighted by atomic mass is 10.1. The minimum absolute atomic E-state index is 0.232. The maximum atomic E-state index is 12.2. The first-order chi connectivity index (χ1) is 13.3. The summed E-state index contributed by atoms with van der Waals surface area (Å²) in [7, 11) is -2.04. The molecule has 0 fully saturated rings. The quantitative estimate of drug-likeness (QED) is 0.612. The smallest absolute Gasteiger partial charge is 0.240 e. The molecule has 8 heteroatoms. The molecule has 0 aliphatic rings. The minimum atomic E-state index is -3.59. The van der Waals surface area contributed by atoms with Crippen LogP contribution in [0.25, 0.3) is 0 Å². The second-order valence-electron chi connectivity index (χ2n) is 6.14. The number of sulfonamides is 1. The van der Waals surface area contributed by atoms with Crippen LogP contribution in [0.1, 0.15) is 12.5 Å². The molecule has 0 bridgehead atoms. The molecular formula is C20H26N2O5S. The normalized spacial score (nSPS) is 11.0. The first kappa shape index (κ1) is 21.6. The largest absolute Gasteiger partial charge is 0.493 e. The highest BCUT2D eigenvalue weighted by molar-refractivity contribution is 7.92. The molecule has 152 valence electrons. The maximum Gasteiger partial charge on any atom is 0.240 e. The van der Waals surface area contributed by atoms with E-state index < -0.39 is 15.9 Å². The molecule has 0 saturated heterocycles. The highest BCUT2D eigenvalue weighted by atomic mass is 32.2. The summed E-state index contributed by atoms with van der Waals surface area (Å²) >= 11 is 0. The Kier molecular flexibility index (Phi) is 7.69. The van der Waals surface area contributed by atoms with Gasteiger partial charge in [0.1, 0.15) is 13.2 Å². The van der Waals surface area contributed by atoms with Crippen molar-refractivity contribution in [3.8, 4) is 11.5 Å². The number of anilines is 1. The fraction of sp³-hybridized carbons (Fsp3) is 0.350. The first-order valence-electron chi connectivity index (χ1n) is 8.94. The van der Waals surface area contributed by atoms with Gasteiger partial charge in [-0.1, -0.05) is 31.2 Å². The number of aryl methyl sites for hydroxylation is 1. The third-order valence-corrected chi connectivity index (χ3v) is 5.21. The fourth-order valence-corrected chi connectivity index (χ4v) is 3.43. The number of methoxy groups -OCH3 is 1. The number of benzene rings is 2. The zero-order chi connectivity index (χ0) is 20.6. The predicted molar refractivity (Wildman–Crippen MR) is 110 cm³/mol. The maximum absolute atomic E-state index is 12.2. The van der Waals surface area contributed by atoms with Gasteiger partial charge in [0, 0.05) is 0 Å². The summed E-state index contributed by atoms with van der Waals surface area (Å²) in [6.07, 6.45) is 1.94. The number of rotatable bonds is 10. The topological polar surface area (TPSA) is 84.9 Å². The molecule has 2 rings (SSSR count). The van der Waals surface area contributed by atoms with E-state index in [0.29, 0.717) is 17.2 Å². The van der Waals surface area contributed by atoms with Gasteiger partial charge in [-0.2, -0.15) is 0 Å². The number of para-hydroxylation sites is 2. The predicted octanol–water partition coefficient (Wildman–Crippen LogP) is 2.22. The molecule has 0 aromatic heterocycles. The van der Waals surface area contributed by atoms with Crippen molar-refractivity contribution in [2.75, 3.05) is 37.4 Å². The van der Waals surface area contributed by atoms with Crippen molar-refractivity contribution in [1.82, 2.24) is 5.32 Å². The van der Waals surface area contributed by atoms with Crippen LogP contribution in [0.5, 0.6) is 11.5 Å². The number of ether oxygens (including phenoxy) is 2. The van der Waals surface area contributed by atoms with Crippen LogP contribution in [-0.2, 0) is 21.2 Å². The first-order valence-corrected chi connectivity index (χ1v) is 10.8. The average molecular weight is 407 g/mol. The van der Waals surface area contributed by atoms with Gasteiger partial charge in [0.25, 0.3) is 0 Å². The molecular weight excluding hydrogens is 380 g/mol. The molecule has 1 amide bonds. The van der Waals surface area contributed by atoms with Crippen molar-refractivity contribution in [2.24, 2.45) is 0 Å². The number of hydrogen-bond acceptors (Lipinski definition) is 5. The number of carbonyl (C=O) groups is 1. The van der Waals surface area contributed by atoms with Gasteiger partial charge in [0.15, 0.2) is 11.5 Å². The molecule has 0 radical (unpaired) electrons. The molecule has 0 heterocycles. The van der Waals surface area contributed by atoms with E-state index in [2.05, 4.69) is 5.32 Å². The van der Waals surface area contributed by atoms with E-state index in [9.17, 15) is 13.2 Å². The van der Waals surface area contributed by atoms with Gasteiger partial charge < -0.3 is 14.8 Å². The molecule has 0 aliphatic carbocycles. The van der Waals surface area contributed by atoms with Gasteiger partial charge in [-0.3, -0.25) is 9.10 Å². The second kappa shape index (κ2) is 9.98. The van der Waals surface area contributed by atoms with Crippen LogP contribution in [0.2, 0.25) is 0 Å². The van der Waals surface area contributed by atoms with Crippen molar-refractivity contribution in [3.05, 3.63) is 54.1 Å². The lowest BCUT2D eigenvalue weighted by Crippen LogP contribution is -2.41. The number of nitrogens with one attached hydrogen (secondary N) is 1. The van der Waals surface area contributed by atoms with Gasteiger partial charge in [0.2, 0.25) is 15.9 Å². The Morgan fingerprint density at radius 1 is 1.07 bits per heavy atom. The van der Waals surface area contributed by atoms with E-state index in [4.69, 9.17) is 9.47 Å². The summed E-state index contributed by atoms with van der Waals surface area (Å²) in [4.78, 5) is 12.2. The van der Waals surface area contributed by atoms with E-state index in [1.54, 1.807) is 31.4 Å². The second-order valence-corrected chi connectivity index (χ2v) is 8.05. The molecule has 2 aromatic rings. The summed E-state index contributed by atoms with van der Waals surface area (Å²) in [5.74, 6) is 0.772. The number of amides is 1. The van der Waals surface area contributed by atoms with Crippen LogP contribution < -0.4 is 19.1 Å². The number of hydrogen-bond donors (Lipinski definition) is 1. The molecule has 2 aromatic carbocycles. The summed E-state index contributed by atoms with van der Waals surface area (Å²) in [5.41, 5.74) is 1.55. The Balaban J connectivity index is 1.91. The van der Waals surface area contributed by atoms with E-state index in [1.807, 2.05) is 31.2 Å². The highest BCUT2D eigenvalue weighted by Crippen LogP contribution is 2.25. The molecule has 1 N–H and O–H groups in total. The minimum Gasteiger partial charge on any atom is -0.493 e. The molecule has 28 heavy (non-hydrogen) atoms. The number of nitrogens with zero attached hydrogens (tertiary/aromatic N) is 1. The van der Waals surface area contributed by atoms with Crippen molar-refractivity contribution >= 4 is 21.6 Å². The highest BCUT2D eigenvalue weighted by Gasteiger charge is 2.20. The number of carbonyl (C=O) groups excluding carboxylic acids is 1. The molecule has 0 spiro atoms. The zero-order valence-corrected chi connectivity index (χ0v) is 17.2. The molecule has 0 atom stereocenters. The SMILES string of the molecule is CCc1ccc(N(CC(=O)NCCOc2ccccc2OC)S(C)(=O)=O)cc1. The van der Waals surface area contributed by atoms with Crippen LogP contribution in [-0.4, -0.2) is 47.4 Å². The van der Waals surface area contributed by atoms with Crippen molar-refractivity contribution in [2.45, 2.75) is 13.3 Å². The van der Waals surface area contributed by atoms with Gasteiger partial charge in [-0.15, -0.1) is 0 Å². The van der Waals surface area contributed by atoms with Gasteiger partial charge >= 0.3 is 0 Å². The fourth-order valence-electron chi connectivity index (χ4n) is 2.57. The Bertz CT molecular complexity index is 882. The van der Waals surface area contributed by atoms with Crippen molar-refractivity contribution in [1.29, 1.82) is 0 Å². The van der Waals surface area contributed by atoms with Crippen LogP contribution >= 0.6 is 0 Å². The average Bonchev–Trinajstić information content (AvgIpc) is 2.69. The monoisotopic (exact) mass is 406 g/mol. The van der Waals surface area contributed by atoms with Gasteiger partial charge in [-0.05, 0) is 36.2 Å². The molecule has 0 saturated carbocycles. The summed E-state index contributed by atoms with van der Waals surface area (Å²) in [5, 5.41) is 2.67. The van der Waals surface area contributed by atoms with E-state index in [0.717, 1.165) is 22.5 Å². The van der Waals surface area contributed by atoms with Crippen molar-refractivity contribution < 1.29 is 22.7 Å². The van der Waals surface area contributed by atoms with Gasteiger partial charge in [-0.25, -0.2) is 8.42 Å². The summed E-state index contributed by atoms with van der Waals surface area (Å²) < 4.78 is 36.1.